The van der Waals surface area contributed by atoms with E-state index in [1.807, 2.05) is 30.3 Å². The van der Waals surface area contributed by atoms with Crippen LogP contribution >= 0.6 is 0 Å². The second-order valence-corrected chi connectivity index (χ2v) is 6.24. The average Bonchev–Trinajstić information content (AvgIpc) is 3.15. The molecule has 28 heavy (non-hydrogen) atoms. The Balaban J connectivity index is 1.65. The Morgan fingerprint density at radius 2 is 1.82 bits per heavy atom. The van der Waals surface area contributed by atoms with Crippen LogP contribution in [0.25, 0.3) is 16.7 Å². The minimum absolute atomic E-state index is 0.144. The Morgan fingerprint density at radius 1 is 1.11 bits per heavy atom. The maximum atomic E-state index is 13.1. The van der Waals surface area contributed by atoms with Crippen molar-refractivity contribution >= 4 is 22.6 Å². The molecule has 0 spiro atoms. The number of aromatic nitrogens is 4. The van der Waals surface area contributed by atoms with Gasteiger partial charge in [-0.1, -0.05) is 18.2 Å². The van der Waals surface area contributed by atoms with Gasteiger partial charge in [-0.2, -0.15) is 5.10 Å². The van der Waals surface area contributed by atoms with Gasteiger partial charge in [0.2, 0.25) is 5.91 Å². The van der Waals surface area contributed by atoms with Gasteiger partial charge in [-0.15, -0.1) is 0 Å². The van der Waals surface area contributed by atoms with E-state index < -0.39 is 0 Å². The molecule has 0 aliphatic heterocycles. The van der Waals surface area contributed by atoms with Crippen LogP contribution in [-0.4, -0.2) is 32.3 Å². The van der Waals surface area contributed by atoms with Gasteiger partial charge in [0.25, 0.3) is 5.56 Å². The number of rotatable bonds is 4. The molecule has 0 aliphatic carbocycles. The molecule has 4 aromatic rings. The predicted octanol–water partition coefficient (Wildman–Crippen LogP) is 2.38. The number of fused-ring (bicyclic) bond motifs is 1. The average molecular weight is 377 g/mol. The second-order valence-electron chi connectivity index (χ2n) is 6.24. The molecule has 8 heteroatoms. The molecule has 140 valence electrons. The summed E-state index contributed by atoms with van der Waals surface area (Å²) in [7, 11) is 1.65. The van der Waals surface area contributed by atoms with Crippen LogP contribution in [-0.2, 0) is 11.3 Å². The first-order valence-corrected chi connectivity index (χ1v) is 8.55. The number of carbonyl (C=O) groups is 1. The summed E-state index contributed by atoms with van der Waals surface area (Å²) in [6.45, 7) is -0.144. The highest BCUT2D eigenvalue weighted by Gasteiger charge is 2.16. The molecule has 0 saturated carbocycles. The normalized spacial score (nSPS) is 10.9. The molecule has 0 fully saturated rings. The highest BCUT2D eigenvalue weighted by Crippen LogP contribution is 2.15. The molecule has 2 heterocycles. The molecular formula is C20H16FN5O2. The van der Waals surface area contributed by atoms with Gasteiger partial charge in [0.1, 0.15) is 24.1 Å². The third kappa shape index (κ3) is 3.16. The van der Waals surface area contributed by atoms with Crippen molar-refractivity contribution in [3.63, 3.8) is 0 Å². The van der Waals surface area contributed by atoms with Crippen molar-refractivity contribution in [2.24, 2.45) is 0 Å². The molecule has 7 nitrogen and oxygen atoms in total. The Morgan fingerprint density at radius 3 is 2.54 bits per heavy atom. The SMILES string of the molecule is CN(C(=O)Cn1cnc2c(cnn2-c2ccc(F)cc2)c1=O)c1ccccc1. The van der Waals surface area contributed by atoms with Crippen molar-refractivity contribution in [1.82, 2.24) is 19.3 Å². The maximum absolute atomic E-state index is 13.1. The number of nitrogens with zero attached hydrogens (tertiary/aromatic N) is 5. The fourth-order valence-corrected chi connectivity index (χ4v) is 2.88. The predicted molar refractivity (Wildman–Crippen MR) is 103 cm³/mol. The summed E-state index contributed by atoms with van der Waals surface area (Å²) in [6.07, 6.45) is 2.72. The highest BCUT2D eigenvalue weighted by molar-refractivity contribution is 5.92. The molecule has 2 aromatic carbocycles. The van der Waals surface area contributed by atoms with Crippen LogP contribution in [0, 0.1) is 5.82 Å². The highest BCUT2D eigenvalue weighted by atomic mass is 19.1. The third-order valence-corrected chi connectivity index (χ3v) is 4.45. The van der Waals surface area contributed by atoms with Crippen molar-refractivity contribution < 1.29 is 9.18 Å². The lowest BCUT2D eigenvalue weighted by Crippen LogP contribution is -2.34. The lowest BCUT2D eigenvalue weighted by molar-refractivity contribution is -0.118. The molecule has 0 N–H and O–H groups in total. The summed E-state index contributed by atoms with van der Waals surface area (Å²) in [6, 6.07) is 14.9. The van der Waals surface area contributed by atoms with Crippen molar-refractivity contribution in [1.29, 1.82) is 0 Å². The number of likely N-dealkylation sites (N-methyl/N-ethyl adjacent to an activating group) is 1. The van der Waals surface area contributed by atoms with Crippen LogP contribution in [0.1, 0.15) is 0 Å². The number of amides is 1. The lowest BCUT2D eigenvalue weighted by Gasteiger charge is -2.17. The summed E-state index contributed by atoms with van der Waals surface area (Å²) >= 11 is 0. The molecule has 0 atom stereocenters. The molecule has 2 aromatic heterocycles. The molecule has 4 rings (SSSR count). The van der Waals surface area contributed by atoms with E-state index in [1.54, 1.807) is 19.2 Å². The summed E-state index contributed by atoms with van der Waals surface area (Å²) < 4.78 is 15.8. The van der Waals surface area contributed by atoms with Crippen molar-refractivity contribution in [3.8, 4) is 5.69 Å². The van der Waals surface area contributed by atoms with Crippen molar-refractivity contribution in [3.05, 3.63) is 83.3 Å². The molecule has 0 radical (unpaired) electrons. The number of hydrogen-bond acceptors (Lipinski definition) is 4. The Hall–Kier alpha value is -3.81. The Labute approximate surface area is 159 Å². The fraction of sp³-hybridized carbons (Fsp3) is 0.100. The number of benzene rings is 2. The van der Waals surface area contributed by atoms with Crippen LogP contribution < -0.4 is 10.5 Å². The minimum Gasteiger partial charge on any atom is -0.314 e. The van der Waals surface area contributed by atoms with Crippen LogP contribution in [0.5, 0.6) is 0 Å². The summed E-state index contributed by atoms with van der Waals surface area (Å²) in [5.41, 5.74) is 1.30. The van der Waals surface area contributed by atoms with E-state index in [2.05, 4.69) is 10.1 Å². The molecule has 0 saturated heterocycles. The van der Waals surface area contributed by atoms with E-state index >= 15 is 0 Å². The monoisotopic (exact) mass is 377 g/mol. The van der Waals surface area contributed by atoms with Crippen molar-refractivity contribution in [2.45, 2.75) is 6.54 Å². The molecule has 0 unspecified atom stereocenters. The minimum atomic E-state index is -0.367. The number of hydrogen-bond donors (Lipinski definition) is 0. The van der Waals surface area contributed by atoms with Crippen LogP contribution in [0.3, 0.4) is 0 Å². The van der Waals surface area contributed by atoms with Gasteiger partial charge in [0.05, 0.1) is 11.9 Å². The van der Waals surface area contributed by atoms with E-state index in [9.17, 15) is 14.0 Å². The first kappa shape index (κ1) is 17.6. The van der Waals surface area contributed by atoms with Gasteiger partial charge in [0, 0.05) is 12.7 Å². The smallest absolute Gasteiger partial charge is 0.264 e. The van der Waals surface area contributed by atoms with E-state index in [0.29, 0.717) is 11.3 Å². The maximum Gasteiger partial charge on any atom is 0.264 e. The molecule has 0 bridgehead atoms. The summed E-state index contributed by atoms with van der Waals surface area (Å²) in [4.78, 5) is 31.1. The van der Waals surface area contributed by atoms with Crippen LogP contribution in [0.2, 0.25) is 0 Å². The fourth-order valence-electron chi connectivity index (χ4n) is 2.88. The first-order valence-electron chi connectivity index (χ1n) is 8.55. The standard InChI is InChI=1S/C20H16FN5O2/c1-24(15-5-3-2-4-6-15)18(27)12-25-13-22-19-17(20(25)28)11-23-26(19)16-9-7-14(21)8-10-16/h2-11,13H,12H2,1H3. The zero-order valence-corrected chi connectivity index (χ0v) is 15.0. The van der Waals surface area contributed by atoms with Crippen LogP contribution in [0.4, 0.5) is 10.1 Å². The topological polar surface area (TPSA) is 73.0 Å². The van der Waals surface area contributed by atoms with Gasteiger partial charge in [0.15, 0.2) is 5.65 Å². The third-order valence-electron chi connectivity index (χ3n) is 4.45. The van der Waals surface area contributed by atoms with E-state index in [1.165, 1.54) is 38.8 Å². The van der Waals surface area contributed by atoms with Gasteiger partial charge in [-0.05, 0) is 36.4 Å². The zero-order chi connectivity index (χ0) is 19.7. The summed E-state index contributed by atoms with van der Waals surface area (Å²) in [5, 5.41) is 4.46. The van der Waals surface area contributed by atoms with E-state index in [0.717, 1.165) is 5.69 Å². The molecule has 1 amide bonds. The van der Waals surface area contributed by atoms with E-state index in [-0.39, 0.29) is 29.2 Å². The lowest BCUT2D eigenvalue weighted by atomic mass is 10.3. The van der Waals surface area contributed by atoms with Crippen LogP contribution in [0.15, 0.2) is 71.9 Å². The Bertz CT molecular complexity index is 1200. The molecule has 0 aliphatic rings. The van der Waals surface area contributed by atoms with Gasteiger partial charge in [-0.25, -0.2) is 14.1 Å². The van der Waals surface area contributed by atoms with E-state index in [4.69, 9.17) is 0 Å². The molecular weight excluding hydrogens is 361 g/mol. The Kier molecular flexibility index (Phi) is 4.44. The van der Waals surface area contributed by atoms with Gasteiger partial charge >= 0.3 is 0 Å². The largest absolute Gasteiger partial charge is 0.314 e. The first-order chi connectivity index (χ1) is 13.5. The van der Waals surface area contributed by atoms with Gasteiger partial charge < -0.3 is 4.90 Å². The van der Waals surface area contributed by atoms with Gasteiger partial charge in [-0.3, -0.25) is 14.2 Å². The van der Waals surface area contributed by atoms with Crippen molar-refractivity contribution in [2.75, 3.05) is 11.9 Å². The zero-order valence-electron chi connectivity index (χ0n) is 15.0. The number of carbonyl (C=O) groups excluding carboxylic acids is 1. The number of anilines is 1. The second kappa shape index (κ2) is 7.07. The number of halogens is 1. The number of para-hydroxylation sites is 1. The summed E-state index contributed by atoms with van der Waals surface area (Å²) in [5.74, 6) is -0.614. The quantitative estimate of drug-likeness (QED) is 0.547.